The number of aliphatic hydroxyl groups excluding tert-OH is 1. The minimum absolute atomic E-state index is 0.224. The van der Waals surface area contributed by atoms with Crippen LogP contribution in [0.5, 0.6) is 0 Å². The summed E-state index contributed by atoms with van der Waals surface area (Å²) in [6.07, 6.45) is 2.43. The first-order valence-electron chi connectivity index (χ1n) is 7.18. The van der Waals surface area contributed by atoms with Gasteiger partial charge in [-0.05, 0) is 39.5 Å². The molecule has 5 heteroatoms. The van der Waals surface area contributed by atoms with E-state index in [0.717, 1.165) is 32.4 Å². The maximum absolute atomic E-state index is 11.7. The lowest BCUT2D eigenvalue weighted by atomic mass is 9.65. The highest BCUT2D eigenvalue weighted by Crippen LogP contribution is 2.41. The van der Waals surface area contributed by atoms with Crippen LogP contribution in [0.25, 0.3) is 0 Å². The quantitative estimate of drug-likeness (QED) is 0.706. The molecule has 2 rings (SSSR count). The molecule has 1 saturated heterocycles. The number of amides is 1. The van der Waals surface area contributed by atoms with Crippen molar-refractivity contribution < 1.29 is 14.6 Å². The third-order valence-electron chi connectivity index (χ3n) is 4.19. The van der Waals surface area contributed by atoms with Crippen LogP contribution in [0.15, 0.2) is 0 Å². The third-order valence-corrected chi connectivity index (χ3v) is 4.19. The number of ether oxygens (including phenoxy) is 1. The Bertz CT molecular complexity index is 328. The summed E-state index contributed by atoms with van der Waals surface area (Å²) in [6, 6.07) is 0. The van der Waals surface area contributed by atoms with Crippen LogP contribution in [0.4, 0.5) is 4.79 Å². The molecule has 1 aliphatic heterocycles. The first-order chi connectivity index (χ1) is 8.82. The van der Waals surface area contributed by atoms with E-state index >= 15 is 0 Å². The molecule has 1 saturated carbocycles. The van der Waals surface area contributed by atoms with Gasteiger partial charge in [-0.2, -0.15) is 0 Å². The van der Waals surface area contributed by atoms with Crippen LogP contribution in [0.1, 0.15) is 40.0 Å². The summed E-state index contributed by atoms with van der Waals surface area (Å²) >= 11 is 0. The van der Waals surface area contributed by atoms with Gasteiger partial charge in [0.15, 0.2) is 0 Å². The molecule has 1 amide bonds. The van der Waals surface area contributed by atoms with Crippen molar-refractivity contribution in [2.45, 2.75) is 51.7 Å². The molecule has 0 aromatic heterocycles. The Morgan fingerprint density at radius 2 is 2.26 bits per heavy atom. The highest BCUT2D eigenvalue weighted by Gasteiger charge is 2.47. The van der Waals surface area contributed by atoms with Crippen LogP contribution in [0.3, 0.4) is 0 Å². The van der Waals surface area contributed by atoms with Gasteiger partial charge in [0.1, 0.15) is 5.60 Å². The van der Waals surface area contributed by atoms with Crippen molar-refractivity contribution in [2.75, 3.05) is 19.6 Å². The van der Waals surface area contributed by atoms with E-state index in [1.54, 1.807) is 0 Å². The predicted octanol–water partition coefficient (Wildman–Crippen LogP) is 1.26. The summed E-state index contributed by atoms with van der Waals surface area (Å²) in [6.45, 7) is 7.66. The number of hydrogen-bond donors (Lipinski definition) is 3. The average Bonchev–Trinajstić information content (AvgIpc) is 2.25. The molecule has 2 fully saturated rings. The molecule has 1 heterocycles. The van der Waals surface area contributed by atoms with Crippen LogP contribution in [0.2, 0.25) is 0 Å². The second-order valence-corrected chi connectivity index (χ2v) is 6.95. The van der Waals surface area contributed by atoms with Crippen LogP contribution in [-0.2, 0) is 4.74 Å². The zero-order valence-corrected chi connectivity index (χ0v) is 12.2. The molecule has 0 aromatic rings. The van der Waals surface area contributed by atoms with Gasteiger partial charge in [0.2, 0.25) is 0 Å². The lowest BCUT2D eigenvalue weighted by Gasteiger charge is -2.49. The zero-order chi connectivity index (χ0) is 14.1. The second kappa shape index (κ2) is 5.29. The van der Waals surface area contributed by atoms with Gasteiger partial charge < -0.3 is 20.5 Å². The number of nitrogens with one attached hydrogen (secondary N) is 2. The van der Waals surface area contributed by atoms with Gasteiger partial charge in [0, 0.05) is 25.0 Å². The molecular weight excluding hydrogens is 244 g/mol. The summed E-state index contributed by atoms with van der Waals surface area (Å²) in [5.74, 6) is 0.322. The fraction of sp³-hybridized carbons (Fsp3) is 0.929. The molecule has 3 N–H and O–H groups in total. The summed E-state index contributed by atoms with van der Waals surface area (Å²) < 4.78 is 5.25. The van der Waals surface area contributed by atoms with E-state index in [0.29, 0.717) is 12.5 Å². The Labute approximate surface area is 115 Å². The minimum atomic E-state index is -0.486. The second-order valence-electron chi connectivity index (χ2n) is 6.95. The largest absolute Gasteiger partial charge is 0.444 e. The van der Waals surface area contributed by atoms with Crippen LogP contribution >= 0.6 is 0 Å². The molecule has 0 aromatic carbocycles. The number of piperidine rings is 1. The Morgan fingerprint density at radius 1 is 1.53 bits per heavy atom. The van der Waals surface area contributed by atoms with Crippen molar-refractivity contribution in [3.63, 3.8) is 0 Å². The summed E-state index contributed by atoms with van der Waals surface area (Å²) in [5, 5.41) is 16.7. The fourth-order valence-corrected chi connectivity index (χ4v) is 3.25. The smallest absolute Gasteiger partial charge is 0.407 e. The minimum Gasteiger partial charge on any atom is -0.444 e. The van der Waals surface area contributed by atoms with Gasteiger partial charge in [-0.3, -0.25) is 0 Å². The Kier molecular flexibility index (Phi) is 4.06. The van der Waals surface area contributed by atoms with Crippen LogP contribution in [-0.4, -0.2) is 42.5 Å². The van der Waals surface area contributed by atoms with E-state index in [9.17, 15) is 9.90 Å². The standard InChI is InChI=1S/C14H26N2O3/c1-13(2,3)19-12(18)16-9-14-6-4-5-10(11(14)17)7-15-8-14/h10-11,15,17H,4-9H2,1-3H3,(H,16,18)/t10-,11+,14+/m1/s1. The van der Waals surface area contributed by atoms with E-state index < -0.39 is 11.7 Å². The molecule has 2 aliphatic rings. The number of aliphatic hydroxyl groups is 1. The van der Waals surface area contributed by atoms with Gasteiger partial charge in [-0.1, -0.05) is 6.42 Å². The van der Waals surface area contributed by atoms with Crippen molar-refractivity contribution >= 4 is 6.09 Å². The van der Waals surface area contributed by atoms with Crippen molar-refractivity contribution in [1.82, 2.24) is 10.6 Å². The Morgan fingerprint density at radius 3 is 2.95 bits per heavy atom. The molecule has 110 valence electrons. The molecule has 0 radical (unpaired) electrons. The number of carbonyl (C=O) groups is 1. The SMILES string of the molecule is CC(C)(C)OC(=O)NC[C@]12CCC[C@H](CNC1)[C@@H]2O. The van der Waals surface area contributed by atoms with Crippen molar-refractivity contribution in [3.05, 3.63) is 0 Å². The Hall–Kier alpha value is -0.810. The van der Waals surface area contributed by atoms with Gasteiger partial charge >= 0.3 is 6.09 Å². The summed E-state index contributed by atoms with van der Waals surface area (Å²) in [5.41, 5.74) is -0.710. The number of carbonyl (C=O) groups excluding carboxylic acids is 1. The third kappa shape index (κ3) is 3.39. The normalized spacial score (nSPS) is 34.7. The highest BCUT2D eigenvalue weighted by atomic mass is 16.6. The lowest BCUT2D eigenvalue weighted by Crippen LogP contribution is -2.61. The summed E-state index contributed by atoms with van der Waals surface area (Å²) in [7, 11) is 0. The number of hydrogen-bond acceptors (Lipinski definition) is 4. The monoisotopic (exact) mass is 270 g/mol. The zero-order valence-electron chi connectivity index (χ0n) is 12.2. The Balaban J connectivity index is 1.92. The summed E-state index contributed by atoms with van der Waals surface area (Å²) in [4.78, 5) is 11.7. The van der Waals surface area contributed by atoms with Gasteiger partial charge in [0.25, 0.3) is 0 Å². The van der Waals surface area contributed by atoms with Gasteiger partial charge in [-0.25, -0.2) is 4.79 Å². The van der Waals surface area contributed by atoms with Gasteiger partial charge in [0.05, 0.1) is 6.10 Å². The average molecular weight is 270 g/mol. The van der Waals surface area contributed by atoms with Crippen molar-refractivity contribution in [3.8, 4) is 0 Å². The topological polar surface area (TPSA) is 70.6 Å². The van der Waals surface area contributed by atoms with Crippen LogP contribution < -0.4 is 10.6 Å². The number of fused-ring (bicyclic) bond motifs is 2. The molecule has 19 heavy (non-hydrogen) atoms. The predicted molar refractivity (Wildman–Crippen MR) is 72.9 cm³/mol. The van der Waals surface area contributed by atoms with E-state index in [2.05, 4.69) is 10.6 Å². The maximum Gasteiger partial charge on any atom is 0.407 e. The molecule has 0 spiro atoms. The molecule has 2 bridgehead atoms. The van der Waals surface area contributed by atoms with Crippen molar-refractivity contribution in [1.29, 1.82) is 0 Å². The number of alkyl carbamates (subject to hydrolysis) is 1. The molecule has 1 aliphatic carbocycles. The number of rotatable bonds is 2. The fourth-order valence-electron chi connectivity index (χ4n) is 3.25. The van der Waals surface area contributed by atoms with E-state index in [1.165, 1.54) is 0 Å². The lowest BCUT2D eigenvalue weighted by molar-refractivity contribution is -0.0724. The van der Waals surface area contributed by atoms with E-state index in [1.807, 2.05) is 20.8 Å². The molecule has 5 nitrogen and oxygen atoms in total. The van der Waals surface area contributed by atoms with Crippen molar-refractivity contribution in [2.24, 2.45) is 11.3 Å². The molecule has 3 atom stereocenters. The van der Waals surface area contributed by atoms with E-state index in [4.69, 9.17) is 4.74 Å². The van der Waals surface area contributed by atoms with E-state index in [-0.39, 0.29) is 11.5 Å². The first kappa shape index (κ1) is 14.6. The van der Waals surface area contributed by atoms with Crippen LogP contribution in [0, 0.1) is 11.3 Å². The van der Waals surface area contributed by atoms with Gasteiger partial charge in [-0.15, -0.1) is 0 Å². The molecule has 0 unspecified atom stereocenters. The molecular formula is C14H26N2O3. The highest BCUT2D eigenvalue weighted by molar-refractivity contribution is 5.67. The maximum atomic E-state index is 11.7. The first-order valence-corrected chi connectivity index (χ1v) is 7.18.